The number of sulfone groups is 1. The molecule has 6 heteroatoms. The van der Waals surface area contributed by atoms with Crippen molar-refractivity contribution in [3.8, 4) is 12.3 Å². The predicted molar refractivity (Wildman–Crippen MR) is 82.4 cm³/mol. The summed E-state index contributed by atoms with van der Waals surface area (Å²) >= 11 is 0. The molecule has 0 aliphatic carbocycles. The number of hydrogen-bond donors (Lipinski definition) is 1. The first-order valence-electron chi connectivity index (χ1n) is 7.60. The average Bonchev–Trinajstić information content (AvgIpc) is 3.03. The van der Waals surface area contributed by atoms with Crippen LogP contribution in [0.5, 0.6) is 0 Å². The molecule has 2 aliphatic rings. The van der Waals surface area contributed by atoms with Crippen molar-refractivity contribution in [3.05, 3.63) is 0 Å². The first kappa shape index (κ1) is 16.3. The maximum atomic E-state index is 13.0. The van der Waals surface area contributed by atoms with Crippen LogP contribution in [0, 0.1) is 17.8 Å². The second-order valence-electron chi connectivity index (χ2n) is 6.15. The largest absolute Gasteiger partial charge is 0.327 e. The average molecular weight is 312 g/mol. The van der Waals surface area contributed by atoms with Gasteiger partial charge in [0.15, 0.2) is 9.84 Å². The Labute approximate surface area is 127 Å². The van der Waals surface area contributed by atoms with Gasteiger partial charge in [-0.1, -0.05) is 19.3 Å². The molecule has 2 unspecified atom stereocenters. The highest BCUT2D eigenvalue weighted by molar-refractivity contribution is 7.91. The molecule has 1 amide bonds. The molecule has 2 atom stereocenters. The van der Waals surface area contributed by atoms with Crippen molar-refractivity contribution in [1.29, 1.82) is 0 Å². The summed E-state index contributed by atoms with van der Waals surface area (Å²) in [7, 11) is -3.03. The fourth-order valence-corrected chi connectivity index (χ4v) is 5.25. The van der Waals surface area contributed by atoms with Crippen LogP contribution in [0.15, 0.2) is 0 Å². The predicted octanol–water partition coefficient (Wildman–Crippen LogP) is 0.415. The van der Waals surface area contributed by atoms with Gasteiger partial charge >= 0.3 is 0 Å². The summed E-state index contributed by atoms with van der Waals surface area (Å²) in [4.78, 5) is 14.7. The summed E-state index contributed by atoms with van der Waals surface area (Å²) in [5.41, 5.74) is -0.405. The highest BCUT2D eigenvalue weighted by Gasteiger charge is 2.45. The van der Waals surface area contributed by atoms with E-state index in [1.165, 1.54) is 0 Å². The van der Waals surface area contributed by atoms with Gasteiger partial charge in [0.1, 0.15) is 0 Å². The molecule has 0 spiro atoms. The first-order chi connectivity index (χ1) is 9.94. The number of nitrogens with one attached hydrogen (secondary N) is 1. The summed E-state index contributed by atoms with van der Waals surface area (Å²) < 4.78 is 23.4. The highest BCUT2D eigenvalue weighted by atomic mass is 32.2. The van der Waals surface area contributed by atoms with E-state index >= 15 is 0 Å². The zero-order chi connectivity index (χ0) is 15.5. The Morgan fingerprint density at radius 2 is 2.29 bits per heavy atom. The molecule has 0 bridgehead atoms. The van der Waals surface area contributed by atoms with E-state index in [-0.39, 0.29) is 30.0 Å². The lowest BCUT2D eigenvalue weighted by Crippen LogP contribution is -2.50. The summed E-state index contributed by atoms with van der Waals surface area (Å²) in [5.74, 6) is 2.77. The van der Waals surface area contributed by atoms with Crippen molar-refractivity contribution in [3.63, 3.8) is 0 Å². The summed E-state index contributed by atoms with van der Waals surface area (Å²) in [6.45, 7) is 3.77. The molecular formula is C15H24N2O3S. The zero-order valence-electron chi connectivity index (χ0n) is 12.6. The van der Waals surface area contributed by atoms with Crippen molar-refractivity contribution >= 4 is 15.7 Å². The molecule has 2 heterocycles. The quantitative estimate of drug-likeness (QED) is 0.747. The van der Waals surface area contributed by atoms with Gasteiger partial charge in [-0.05, 0) is 25.8 Å². The summed E-state index contributed by atoms with van der Waals surface area (Å²) in [6.07, 6.45) is 8.47. The molecule has 0 radical (unpaired) electrons. The molecule has 0 aromatic rings. The van der Waals surface area contributed by atoms with Crippen LogP contribution < -0.4 is 5.32 Å². The molecule has 0 saturated carbocycles. The lowest BCUT2D eigenvalue weighted by atomic mass is 9.80. The third kappa shape index (κ3) is 3.41. The lowest BCUT2D eigenvalue weighted by molar-refractivity contribution is -0.142. The second-order valence-corrected chi connectivity index (χ2v) is 8.38. The third-order valence-electron chi connectivity index (χ3n) is 4.60. The maximum Gasteiger partial charge on any atom is 0.231 e. The van der Waals surface area contributed by atoms with Gasteiger partial charge in [0.05, 0.1) is 23.5 Å². The van der Waals surface area contributed by atoms with Crippen LogP contribution in [0.3, 0.4) is 0 Å². The van der Waals surface area contributed by atoms with E-state index < -0.39 is 15.3 Å². The third-order valence-corrected chi connectivity index (χ3v) is 6.35. The van der Waals surface area contributed by atoms with Gasteiger partial charge in [0, 0.05) is 12.6 Å². The van der Waals surface area contributed by atoms with E-state index in [0.717, 1.165) is 25.8 Å². The Morgan fingerprint density at radius 3 is 2.76 bits per heavy atom. The Balaban J connectivity index is 2.21. The Kier molecular flexibility index (Phi) is 4.95. The van der Waals surface area contributed by atoms with Crippen LogP contribution in [0.4, 0.5) is 0 Å². The Bertz CT molecular complexity index is 530. The van der Waals surface area contributed by atoms with E-state index in [2.05, 4.69) is 18.2 Å². The molecule has 0 aromatic carbocycles. The number of carbonyl (C=O) groups excluding carboxylic acids is 1. The molecule has 2 fully saturated rings. The second kappa shape index (κ2) is 6.37. The van der Waals surface area contributed by atoms with Crippen molar-refractivity contribution in [2.24, 2.45) is 5.41 Å². The number of carbonyl (C=O) groups is 1. The molecule has 118 valence electrons. The number of rotatable bonds is 5. The minimum absolute atomic E-state index is 0.0365. The Hall–Kier alpha value is -1.06. The number of hydrogen-bond acceptors (Lipinski definition) is 4. The fourth-order valence-electron chi connectivity index (χ4n) is 3.52. The van der Waals surface area contributed by atoms with Crippen LogP contribution in [0.2, 0.25) is 0 Å². The molecule has 5 nitrogen and oxygen atoms in total. The van der Waals surface area contributed by atoms with Gasteiger partial charge in [-0.15, -0.1) is 6.42 Å². The van der Waals surface area contributed by atoms with Gasteiger partial charge in [-0.2, -0.15) is 0 Å². The molecule has 1 N–H and O–H groups in total. The van der Waals surface area contributed by atoms with E-state index in [9.17, 15) is 13.2 Å². The summed E-state index contributed by atoms with van der Waals surface area (Å²) in [5, 5.41) is 3.27. The molecule has 2 aliphatic heterocycles. The fraction of sp³-hybridized carbons (Fsp3) is 0.800. The topological polar surface area (TPSA) is 66.5 Å². The van der Waals surface area contributed by atoms with E-state index in [1.807, 2.05) is 0 Å². The molecular weight excluding hydrogens is 288 g/mol. The van der Waals surface area contributed by atoms with Gasteiger partial charge in [0.25, 0.3) is 0 Å². The van der Waals surface area contributed by atoms with Crippen LogP contribution in [-0.2, 0) is 14.6 Å². The van der Waals surface area contributed by atoms with Crippen LogP contribution in [-0.4, -0.2) is 56.4 Å². The van der Waals surface area contributed by atoms with Crippen LogP contribution in [0.25, 0.3) is 0 Å². The van der Waals surface area contributed by atoms with Gasteiger partial charge in [-0.3, -0.25) is 4.79 Å². The SMILES string of the molecule is C#CCN(C(=O)C1(CCC)CCNC1)C1CCS(=O)(=O)C1. The standard InChI is InChI=1S/C15H24N2O3S/c1-3-6-15(7-8-16-12-15)14(18)17(9-4-2)13-5-10-21(19,20)11-13/h2,13,16H,3,5-12H2,1H3. The van der Waals surface area contributed by atoms with Crippen LogP contribution in [0.1, 0.15) is 32.6 Å². The molecule has 0 aromatic heterocycles. The van der Waals surface area contributed by atoms with Gasteiger partial charge in [0.2, 0.25) is 5.91 Å². The molecule has 2 saturated heterocycles. The van der Waals surface area contributed by atoms with Crippen molar-refractivity contribution in [2.75, 3.05) is 31.1 Å². The zero-order valence-corrected chi connectivity index (χ0v) is 13.4. The Morgan fingerprint density at radius 1 is 1.52 bits per heavy atom. The monoisotopic (exact) mass is 312 g/mol. The van der Waals surface area contributed by atoms with E-state index in [1.54, 1.807) is 4.90 Å². The van der Waals surface area contributed by atoms with Crippen molar-refractivity contribution in [1.82, 2.24) is 10.2 Å². The van der Waals surface area contributed by atoms with Gasteiger partial charge in [-0.25, -0.2) is 8.42 Å². The first-order valence-corrected chi connectivity index (χ1v) is 9.42. The molecule has 2 rings (SSSR count). The smallest absolute Gasteiger partial charge is 0.231 e. The number of nitrogens with zero attached hydrogens (tertiary/aromatic N) is 1. The summed E-state index contributed by atoms with van der Waals surface area (Å²) in [6, 6.07) is -0.257. The normalized spacial score (nSPS) is 31.0. The minimum atomic E-state index is -3.03. The number of amides is 1. The number of terminal acetylenes is 1. The van der Waals surface area contributed by atoms with E-state index in [4.69, 9.17) is 6.42 Å². The van der Waals surface area contributed by atoms with E-state index in [0.29, 0.717) is 13.0 Å². The minimum Gasteiger partial charge on any atom is -0.327 e. The van der Waals surface area contributed by atoms with Crippen LogP contribution >= 0.6 is 0 Å². The molecule has 21 heavy (non-hydrogen) atoms. The van der Waals surface area contributed by atoms with Gasteiger partial charge < -0.3 is 10.2 Å². The highest BCUT2D eigenvalue weighted by Crippen LogP contribution is 2.35. The van der Waals surface area contributed by atoms with Crippen molar-refractivity contribution in [2.45, 2.75) is 38.6 Å². The lowest BCUT2D eigenvalue weighted by Gasteiger charge is -2.36. The van der Waals surface area contributed by atoms with Crippen molar-refractivity contribution < 1.29 is 13.2 Å². The maximum absolute atomic E-state index is 13.0.